The second kappa shape index (κ2) is 9.83. The number of hydrogen-bond donors (Lipinski definition) is 1. The van der Waals surface area contributed by atoms with Crippen molar-refractivity contribution in [2.45, 2.75) is 12.0 Å². The Morgan fingerprint density at radius 1 is 1.09 bits per heavy atom. The first kappa shape index (κ1) is 22.5. The lowest BCUT2D eigenvalue weighted by atomic mass is 9.89. The van der Waals surface area contributed by atoms with Gasteiger partial charge in [0.2, 0.25) is 0 Å². The average molecular weight is 446 g/mol. The molecule has 170 valence electrons. The number of rotatable bonds is 6. The zero-order valence-electron chi connectivity index (χ0n) is 18.8. The van der Waals surface area contributed by atoms with E-state index in [2.05, 4.69) is 10.3 Å². The highest BCUT2D eigenvalue weighted by Gasteiger charge is 2.44. The number of ether oxygens (including phenoxy) is 2. The molecular formula is C26H27N3O4. The third-order valence-electron chi connectivity index (χ3n) is 5.86. The summed E-state index contributed by atoms with van der Waals surface area (Å²) in [6, 6.07) is 18.9. The normalized spacial score (nSPS) is 17.9. The number of likely N-dealkylation sites (N-methyl/N-ethyl adjacent to an activating group) is 1. The summed E-state index contributed by atoms with van der Waals surface area (Å²) in [6.07, 6.45) is 3.84. The fourth-order valence-electron chi connectivity index (χ4n) is 4.18. The lowest BCUT2D eigenvalue weighted by Gasteiger charge is -2.41. The summed E-state index contributed by atoms with van der Waals surface area (Å²) in [7, 11) is 3.15. The van der Waals surface area contributed by atoms with Gasteiger partial charge in [-0.1, -0.05) is 30.3 Å². The molecule has 7 nitrogen and oxygen atoms in total. The van der Waals surface area contributed by atoms with Gasteiger partial charge in [0.25, 0.3) is 11.8 Å². The Kier molecular flexibility index (Phi) is 6.70. The van der Waals surface area contributed by atoms with E-state index in [1.54, 1.807) is 55.7 Å². The number of benzene rings is 2. The molecule has 7 heteroatoms. The number of aromatic nitrogens is 1. The lowest BCUT2D eigenvalue weighted by Crippen LogP contribution is -2.61. The van der Waals surface area contributed by atoms with Crippen molar-refractivity contribution in [3.05, 3.63) is 84.2 Å². The van der Waals surface area contributed by atoms with Crippen LogP contribution in [-0.2, 0) is 16.0 Å². The van der Waals surface area contributed by atoms with Crippen LogP contribution in [0.4, 0.5) is 0 Å². The fourth-order valence-corrected chi connectivity index (χ4v) is 4.18. The summed E-state index contributed by atoms with van der Waals surface area (Å²) in [4.78, 5) is 32.0. The maximum atomic E-state index is 13.2. The molecule has 0 bridgehead atoms. The van der Waals surface area contributed by atoms with E-state index in [9.17, 15) is 9.59 Å². The Balaban J connectivity index is 1.61. The summed E-state index contributed by atoms with van der Waals surface area (Å²) in [5.74, 6) is 0.204. The van der Waals surface area contributed by atoms with E-state index < -0.39 is 5.60 Å². The second-order valence-corrected chi connectivity index (χ2v) is 7.99. The predicted octanol–water partition coefficient (Wildman–Crippen LogP) is 2.96. The Bertz CT molecular complexity index is 1140. The number of nitrogens with one attached hydrogen (secondary N) is 1. The van der Waals surface area contributed by atoms with Gasteiger partial charge in [-0.15, -0.1) is 0 Å². The number of carbonyl (C=O) groups is 2. The molecule has 0 radical (unpaired) electrons. The Labute approximate surface area is 193 Å². The summed E-state index contributed by atoms with van der Waals surface area (Å²) in [5, 5.41) is 2.73. The van der Waals surface area contributed by atoms with Gasteiger partial charge in [0.1, 0.15) is 5.75 Å². The van der Waals surface area contributed by atoms with Gasteiger partial charge < -0.3 is 19.7 Å². The predicted molar refractivity (Wildman–Crippen MR) is 125 cm³/mol. The Hall–Kier alpha value is -3.71. The van der Waals surface area contributed by atoms with Crippen LogP contribution in [0.15, 0.2) is 73.1 Å². The molecular weight excluding hydrogens is 418 g/mol. The molecule has 0 aliphatic carbocycles. The number of hydrogen-bond acceptors (Lipinski definition) is 5. The minimum Gasteiger partial charge on any atom is -0.497 e. The number of nitrogens with zero attached hydrogens (tertiary/aromatic N) is 2. The first-order valence-electron chi connectivity index (χ1n) is 10.8. The summed E-state index contributed by atoms with van der Waals surface area (Å²) >= 11 is 0. The highest BCUT2D eigenvalue weighted by atomic mass is 16.5. The Morgan fingerprint density at radius 2 is 1.88 bits per heavy atom. The maximum Gasteiger partial charge on any atom is 0.254 e. The molecule has 33 heavy (non-hydrogen) atoms. The van der Waals surface area contributed by atoms with E-state index in [0.29, 0.717) is 24.3 Å². The summed E-state index contributed by atoms with van der Waals surface area (Å²) < 4.78 is 11.3. The smallest absolute Gasteiger partial charge is 0.254 e. The molecule has 1 N–H and O–H groups in total. The van der Waals surface area contributed by atoms with Crippen molar-refractivity contribution in [1.82, 2.24) is 15.2 Å². The van der Waals surface area contributed by atoms with E-state index in [0.717, 1.165) is 16.7 Å². The van der Waals surface area contributed by atoms with Crippen molar-refractivity contribution < 1.29 is 19.1 Å². The standard InChI is InChI=1S/C26H27N3O4/c1-27-25(31)26(17-19-5-3-6-21(15-19)20-9-11-28-12-10-20)18-29(13-14-33-26)24(30)22-7-4-8-23(16-22)32-2/h3-12,15-16H,13-14,17-18H2,1-2H3,(H,27,31)/t26-/m0/s1. The molecule has 1 fully saturated rings. The molecule has 0 saturated carbocycles. The van der Waals surface area contributed by atoms with Gasteiger partial charge in [-0.2, -0.15) is 0 Å². The van der Waals surface area contributed by atoms with E-state index in [4.69, 9.17) is 9.47 Å². The van der Waals surface area contributed by atoms with Gasteiger partial charge in [0.05, 0.1) is 20.3 Å². The zero-order chi connectivity index (χ0) is 23.3. The zero-order valence-corrected chi connectivity index (χ0v) is 18.8. The molecule has 0 spiro atoms. The monoisotopic (exact) mass is 445 g/mol. The Morgan fingerprint density at radius 3 is 2.64 bits per heavy atom. The minimum absolute atomic E-state index is 0.155. The maximum absolute atomic E-state index is 13.2. The molecule has 1 saturated heterocycles. The van der Waals surface area contributed by atoms with Crippen LogP contribution in [-0.4, -0.2) is 61.2 Å². The molecule has 1 aromatic heterocycles. The third kappa shape index (κ3) is 4.88. The van der Waals surface area contributed by atoms with Gasteiger partial charge in [0, 0.05) is 38.0 Å². The summed E-state index contributed by atoms with van der Waals surface area (Å²) in [6.45, 7) is 0.835. The van der Waals surface area contributed by atoms with Gasteiger partial charge in [-0.3, -0.25) is 14.6 Å². The topological polar surface area (TPSA) is 80.8 Å². The largest absolute Gasteiger partial charge is 0.497 e. The highest BCUT2D eigenvalue weighted by molar-refractivity contribution is 5.95. The quantitative estimate of drug-likeness (QED) is 0.631. The number of methoxy groups -OCH3 is 1. The summed E-state index contributed by atoms with van der Waals surface area (Å²) in [5.41, 5.74) is 2.35. The van der Waals surface area contributed by atoms with Crippen LogP contribution in [0.3, 0.4) is 0 Å². The molecule has 2 aromatic carbocycles. The first-order valence-corrected chi connectivity index (χ1v) is 10.8. The number of carbonyl (C=O) groups excluding carboxylic acids is 2. The first-order chi connectivity index (χ1) is 16.0. The second-order valence-electron chi connectivity index (χ2n) is 7.99. The molecule has 3 aromatic rings. The highest BCUT2D eigenvalue weighted by Crippen LogP contribution is 2.28. The van der Waals surface area contributed by atoms with Crippen LogP contribution < -0.4 is 10.1 Å². The van der Waals surface area contributed by atoms with Gasteiger partial charge in [-0.25, -0.2) is 0 Å². The molecule has 1 aliphatic heterocycles. The van der Waals surface area contributed by atoms with Crippen LogP contribution >= 0.6 is 0 Å². The number of amides is 2. The van der Waals surface area contributed by atoms with Gasteiger partial charge in [-0.05, 0) is 47.0 Å². The molecule has 0 unspecified atom stereocenters. The van der Waals surface area contributed by atoms with Gasteiger partial charge >= 0.3 is 0 Å². The number of morpholine rings is 1. The van der Waals surface area contributed by atoms with Crippen molar-refractivity contribution >= 4 is 11.8 Å². The van der Waals surface area contributed by atoms with E-state index in [1.165, 1.54) is 0 Å². The minimum atomic E-state index is -1.18. The lowest BCUT2D eigenvalue weighted by molar-refractivity contribution is -0.156. The molecule has 1 aliphatic rings. The van der Waals surface area contributed by atoms with Gasteiger partial charge in [0.15, 0.2) is 5.60 Å². The van der Waals surface area contributed by atoms with Crippen molar-refractivity contribution in [1.29, 1.82) is 0 Å². The van der Waals surface area contributed by atoms with E-state index in [1.807, 2.05) is 36.4 Å². The van der Waals surface area contributed by atoms with Crippen molar-refractivity contribution in [3.63, 3.8) is 0 Å². The van der Waals surface area contributed by atoms with Crippen molar-refractivity contribution in [2.75, 3.05) is 33.9 Å². The molecule has 1 atom stereocenters. The van der Waals surface area contributed by atoms with Crippen LogP contribution in [0.5, 0.6) is 5.75 Å². The molecule has 2 heterocycles. The fraction of sp³-hybridized carbons (Fsp3) is 0.269. The van der Waals surface area contributed by atoms with Crippen LogP contribution in [0.1, 0.15) is 15.9 Å². The van der Waals surface area contributed by atoms with Crippen LogP contribution in [0.2, 0.25) is 0 Å². The molecule has 4 rings (SSSR count). The SMILES string of the molecule is CNC(=O)[C@]1(Cc2cccc(-c3ccncc3)c2)CN(C(=O)c2cccc(OC)c2)CCO1. The van der Waals surface area contributed by atoms with Crippen molar-refractivity contribution in [3.8, 4) is 16.9 Å². The van der Waals surface area contributed by atoms with Crippen LogP contribution in [0.25, 0.3) is 11.1 Å². The van der Waals surface area contributed by atoms with Crippen LogP contribution in [0, 0.1) is 0 Å². The van der Waals surface area contributed by atoms with Crippen molar-refractivity contribution in [2.24, 2.45) is 0 Å². The number of pyridine rings is 1. The molecule has 2 amide bonds. The van der Waals surface area contributed by atoms with E-state index in [-0.39, 0.29) is 25.0 Å². The third-order valence-corrected chi connectivity index (χ3v) is 5.86. The average Bonchev–Trinajstić information content (AvgIpc) is 2.88. The van der Waals surface area contributed by atoms with E-state index >= 15 is 0 Å².